The van der Waals surface area contributed by atoms with E-state index in [-0.39, 0.29) is 30.3 Å². The minimum Gasteiger partial charge on any atom is -0.355 e. The van der Waals surface area contributed by atoms with Crippen LogP contribution in [-0.4, -0.2) is 73.8 Å². The average molecular weight is 441 g/mol. The Kier molecular flexibility index (Phi) is 19.0. The van der Waals surface area contributed by atoms with Crippen LogP contribution in [-0.2, 0) is 14.4 Å². The van der Waals surface area contributed by atoms with Crippen molar-refractivity contribution in [2.75, 3.05) is 33.7 Å². The SMILES string of the molecule is CC(C)N1CCCCC1.CCC.CNC(=O)/C(C)=C/[C@H](C(C)C)N(C)C(=O)CNC=O. The number of likely N-dealkylation sites (N-methyl/N-ethyl adjacent to an activating group) is 2. The highest BCUT2D eigenvalue weighted by Gasteiger charge is 2.21. The van der Waals surface area contributed by atoms with Crippen molar-refractivity contribution in [1.29, 1.82) is 0 Å². The predicted octanol–water partition coefficient (Wildman–Crippen LogP) is 3.20. The van der Waals surface area contributed by atoms with Gasteiger partial charge in [0.05, 0.1) is 12.6 Å². The maximum absolute atomic E-state index is 11.8. The second-order valence-corrected chi connectivity index (χ2v) is 8.56. The Bertz CT molecular complexity index is 527. The van der Waals surface area contributed by atoms with Gasteiger partial charge in [-0.25, -0.2) is 0 Å². The van der Waals surface area contributed by atoms with Gasteiger partial charge >= 0.3 is 0 Å². The summed E-state index contributed by atoms with van der Waals surface area (Å²) in [6.45, 7) is 17.1. The van der Waals surface area contributed by atoms with Crippen molar-refractivity contribution in [2.24, 2.45) is 5.92 Å². The Morgan fingerprint density at radius 1 is 1.06 bits per heavy atom. The van der Waals surface area contributed by atoms with Crippen molar-refractivity contribution in [1.82, 2.24) is 20.4 Å². The topological polar surface area (TPSA) is 81.8 Å². The molecule has 2 N–H and O–H groups in total. The lowest BCUT2D eigenvalue weighted by Crippen LogP contribution is -2.43. The molecule has 1 aliphatic rings. The van der Waals surface area contributed by atoms with Crippen LogP contribution in [0.2, 0.25) is 0 Å². The van der Waals surface area contributed by atoms with Crippen LogP contribution in [0.1, 0.15) is 74.1 Å². The molecule has 1 rings (SSSR count). The smallest absolute Gasteiger partial charge is 0.246 e. The number of piperidine rings is 1. The largest absolute Gasteiger partial charge is 0.355 e. The average Bonchev–Trinajstić information content (AvgIpc) is 2.75. The van der Waals surface area contributed by atoms with E-state index in [1.54, 1.807) is 27.1 Å². The highest BCUT2D eigenvalue weighted by atomic mass is 16.2. The fraction of sp³-hybridized carbons (Fsp3) is 0.792. The molecular formula is C24H48N4O3. The van der Waals surface area contributed by atoms with Crippen molar-refractivity contribution in [2.45, 2.75) is 86.2 Å². The number of nitrogens with zero attached hydrogens (tertiary/aromatic N) is 2. The summed E-state index contributed by atoms with van der Waals surface area (Å²) in [5.74, 6) is -0.214. The number of carbonyl (C=O) groups excluding carboxylic acids is 3. The van der Waals surface area contributed by atoms with Crippen LogP contribution >= 0.6 is 0 Å². The van der Waals surface area contributed by atoms with Crippen LogP contribution in [0, 0.1) is 5.92 Å². The minimum atomic E-state index is -0.202. The van der Waals surface area contributed by atoms with Crippen LogP contribution in [0.4, 0.5) is 0 Å². The van der Waals surface area contributed by atoms with Crippen LogP contribution in [0.5, 0.6) is 0 Å². The third-order valence-electron chi connectivity index (χ3n) is 4.99. The van der Waals surface area contributed by atoms with Crippen LogP contribution in [0.3, 0.4) is 0 Å². The van der Waals surface area contributed by atoms with Crippen molar-refractivity contribution < 1.29 is 14.4 Å². The monoisotopic (exact) mass is 440 g/mol. The van der Waals surface area contributed by atoms with Gasteiger partial charge in [0, 0.05) is 25.7 Å². The van der Waals surface area contributed by atoms with Crippen LogP contribution in [0.25, 0.3) is 0 Å². The quantitative estimate of drug-likeness (QED) is 0.449. The maximum Gasteiger partial charge on any atom is 0.246 e. The van der Waals surface area contributed by atoms with Gasteiger partial charge in [0.15, 0.2) is 0 Å². The van der Waals surface area contributed by atoms with E-state index in [1.807, 2.05) is 13.8 Å². The van der Waals surface area contributed by atoms with E-state index >= 15 is 0 Å². The van der Waals surface area contributed by atoms with E-state index in [1.165, 1.54) is 43.7 Å². The number of amides is 3. The molecule has 31 heavy (non-hydrogen) atoms. The highest BCUT2D eigenvalue weighted by molar-refractivity contribution is 5.92. The van der Waals surface area contributed by atoms with E-state index in [0.29, 0.717) is 12.0 Å². The first-order valence-corrected chi connectivity index (χ1v) is 11.6. The first-order chi connectivity index (χ1) is 14.6. The molecule has 3 amide bonds. The second kappa shape index (κ2) is 18.8. The summed E-state index contributed by atoms with van der Waals surface area (Å²) in [5, 5.41) is 4.88. The number of likely N-dealkylation sites (tertiary alicyclic amines) is 1. The van der Waals surface area contributed by atoms with Gasteiger partial charge in [0.25, 0.3) is 0 Å². The summed E-state index contributed by atoms with van der Waals surface area (Å²) in [6.07, 6.45) is 7.78. The van der Waals surface area contributed by atoms with Gasteiger partial charge in [0.1, 0.15) is 0 Å². The number of hydrogen-bond acceptors (Lipinski definition) is 4. The number of rotatable bonds is 8. The summed E-state index contributed by atoms with van der Waals surface area (Å²) in [4.78, 5) is 37.6. The first kappa shape index (κ1) is 31.3. The van der Waals surface area contributed by atoms with Gasteiger partial charge in [0.2, 0.25) is 18.2 Å². The van der Waals surface area contributed by atoms with Gasteiger partial charge < -0.3 is 20.4 Å². The molecule has 7 nitrogen and oxygen atoms in total. The molecule has 0 bridgehead atoms. The summed E-state index contributed by atoms with van der Waals surface area (Å²) >= 11 is 0. The van der Waals surface area contributed by atoms with E-state index in [9.17, 15) is 14.4 Å². The van der Waals surface area contributed by atoms with E-state index in [0.717, 1.165) is 6.04 Å². The highest BCUT2D eigenvalue weighted by Crippen LogP contribution is 2.13. The fourth-order valence-corrected chi connectivity index (χ4v) is 3.14. The second-order valence-electron chi connectivity index (χ2n) is 8.56. The van der Waals surface area contributed by atoms with Gasteiger partial charge in [-0.2, -0.15) is 0 Å². The zero-order valence-corrected chi connectivity index (χ0v) is 21.5. The van der Waals surface area contributed by atoms with E-state index < -0.39 is 0 Å². The molecule has 0 radical (unpaired) electrons. The molecule has 1 fully saturated rings. The molecule has 0 aromatic carbocycles. The third-order valence-corrected chi connectivity index (χ3v) is 4.99. The lowest BCUT2D eigenvalue weighted by molar-refractivity contribution is -0.132. The lowest BCUT2D eigenvalue weighted by Gasteiger charge is -2.29. The van der Waals surface area contributed by atoms with Gasteiger partial charge in [-0.15, -0.1) is 0 Å². The van der Waals surface area contributed by atoms with Crippen molar-refractivity contribution in [3.8, 4) is 0 Å². The zero-order chi connectivity index (χ0) is 24.4. The normalized spacial score (nSPS) is 15.1. The van der Waals surface area contributed by atoms with E-state index in [4.69, 9.17) is 0 Å². The summed E-state index contributed by atoms with van der Waals surface area (Å²) in [6, 6.07) is 0.573. The Morgan fingerprint density at radius 2 is 1.58 bits per heavy atom. The van der Waals surface area contributed by atoms with Gasteiger partial charge in [-0.1, -0.05) is 46.6 Å². The molecule has 0 saturated carbocycles. The zero-order valence-electron chi connectivity index (χ0n) is 21.5. The fourth-order valence-electron chi connectivity index (χ4n) is 3.14. The molecule has 0 aliphatic carbocycles. The maximum atomic E-state index is 11.8. The molecule has 182 valence electrons. The Hall–Kier alpha value is -1.89. The van der Waals surface area contributed by atoms with Crippen molar-refractivity contribution in [3.63, 3.8) is 0 Å². The molecule has 0 spiro atoms. The number of nitrogens with one attached hydrogen (secondary N) is 2. The minimum absolute atomic E-state index is 0.0456. The van der Waals surface area contributed by atoms with E-state index in [2.05, 4.69) is 43.2 Å². The number of carbonyl (C=O) groups is 3. The first-order valence-electron chi connectivity index (χ1n) is 11.6. The van der Waals surface area contributed by atoms with Crippen LogP contribution < -0.4 is 10.6 Å². The van der Waals surface area contributed by atoms with Crippen LogP contribution in [0.15, 0.2) is 11.6 Å². The molecule has 0 aromatic rings. The standard InChI is InChI=1S/C13H23N3O3.C8H17N.C3H8/c1-9(2)11(6-10(3)13(19)14-4)16(5)12(18)7-15-8-17;1-8(2)9-6-4-3-5-7-9;1-3-2/h6,8-9,11H,7H2,1-5H3,(H,14,19)(H,15,17);8H,3-7H2,1-2H3;3H2,1-2H3/b10-6+;;/t11-;;/m1../s1. The molecule has 1 atom stereocenters. The molecule has 1 aliphatic heterocycles. The third kappa shape index (κ3) is 14.7. The molecular weight excluding hydrogens is 392 g/mol. The van der Waals surface area contributed by atoms with Gasteiger partial charge in [-0.05, 0) is 52.6 Å². The molecule has 1 saturated heterocycles. The molecule has 1 heterocycles. The predicted molar refractivity (Wildman–Crippen MR) is 130 cm³/mol. The molecule has 0 aromatic heterocycles. The molecule has 0 unspecified atom stereocenters. The summed E-state index contributed by atoms with van der Waals surface area (Å²) < 4.78 is 0. The Balaban J connectivity index is 0. The van der Waals surface area contributed by atoms with Gasteiger partial charge in [-0.3, -0.25) is 14.4 Å². The Morgan fingerprint density at radius 3 is 1.94 bits per heavy atom. The summed E-state index contributed by atoms with van der Waals surface area (Å²) in [7, 11) is 3.22. The number of hydrogen-bond donors (Lipinski definition) is 2. The van der Waals surface area contributed by atoms with Crippen molar-refractivity contribution in [3.05, 3.63) is 11.6 Å². The van der Waals surface area contributed by atoms with Crippen molar-refractivity contribution >= 4 is 18.2 Å². The molecule has 7 heteroatoms. The lowest BCUT2D eigenvalue weighted by atomic mass is 10.00. The Labute approximate surface area is 191 Å². The summed E-state index contributed by atoms with van der Waals surface area (Å²) in [5.41, 5.74) is 0.559.